The Morgan fingerprint density at radius 2 is 0.739 bits per heavy atom. The summed E-state index contributed by atoms with van der Waals surface area (Å²) >= 11 is 0. The van der Waals surface area contributed by atoms with Crippen LogP contribution >= 0.6 is 0 Å². The predicted octanol–water partition coefficient (Wildman–Crippen LogP) is 1.71. The van der Waals surface area contributed by atoms with Gasteiger partial charge in [0.15, 0.2) is 0 Å². The Balaban J connectivity index is 3.71. The summed E-state index contributed by atoms with van der Waals surface area (Å²) < 4.78 is 10.7. The van der Waals surface area contributed by atoms with Crippen molar-refractivity contribution in [2.24, 2.45) is 0 Å². The van der Waals surface area contributed by atoms with Gasteiger partial charge in [-0.15, -0.1) is 0 Å². The molecule has 0 aromatic heterocycles. The maximum absolute atomic E-state index is 13.4. The quantitative estimate of drug-likeness (QED) is 0.201. The lowest BCUT2D eigenvalue weighted by Crippen LogP contribution is -2.58. The molecule has 0 spiro atoms. The van der Waals surface area contributed by atoms with Crippen molar-refractivity contribution in [1.82, 2.24) is 29.4 Å². The van der Waals surface area contributed by atoms with Crippen molar-refractivity contribution in [2.75, 3.05) is 106 Å². The molecule has 12 nitrogen and oxygen atoms in total. The van der Waals surface area contributed by atoms with E-state index in [1.54, 1.807) is 13.8 Å². The van der Waals surface area contributed by atoms with Crippen LogP contribution in [0.25, 0.3) is 0 Å². The Morgan fingerprint density at radius 1 is 0.500 bits per heavy atom. The summed E-state index contributed by atoms with van der Waals surface area (Å²) in [4.78, 5) is 65.6. The second kappa shape index (κ2) is 22.6. The number of rotatable bonds is 18. The van der Waals surface area contributed by atoms with Crippen molar-refractivity contribution < 1.29 is 28.7 Å². The third-order valence-corrected chi connectivity index (χ3v) is 9.77. The number of carbonyl (C=O) groups is 4. The van der Waals surface area contributed by atoms with E-state index >= 15 is 0 Å². The minimum atomic E-state index is -0.507. The van der Waals surface area contributed by atoms with Crippen LogP contribution in [0.1, 0.15) is 68.2 Å². The molecule has 0 bridgehead atoms. The fraction of sp³-hybridized carbons (Fsp3) is 0.882. The molecule has 1 aliphatic heterocycles. The minimum absolute atomic E-state index is 0.113. The van der Waals surface area contributed by atoms with E-state index in [4.69, 9.17) is 9.47 Å². The zero-order valence-electron chi connectivity index (χ0n) is 30.8. The third-order valence-electron chi connectivity index (χ3n) is 9.77. The standard InChI is InChI=1S/C34H66N6O6/c1-11-29(27(7)41)37-17-18-38(30(12-2)28(8)42)20-22-40(32(34(44)46-10)26-36(15-5)16-6)24-23-39(21-19-37)31(33(43)45-9)25-35(13-3)14-4/h29-32H,11-26H2,1-10H3. The van der Waals surface area contributed by atoms with E-state index in [9.17, 15) is 19.2 Å². The largest absolute Gasteiger partial charge is 0.468 e. The van der Waals surface area contributed by atoms with Crippen LogP contribution in [0, 0.1) is 0 Å². The van der Waals surface area contributed by atoms with Crippen molar-refractivity contribution in [3.05, 3.63) is 0 Å². The van der Waals surface area contributed by atoms with E-state index in [1.165, 1.54) is 14.2 Å². The molecular weight excluding hydrogens is 588 g/mol. The molecule has 1 fully saturated rings. The van der Waals surface area contributed by atoms with Gasteiger partial charge in [0, 0.05) is 65.4 Å². The number of ketones is 2. The van der Waals surface area contributed by atoms with Gasteiger partial charge >= 0.3 is 11.9 Å². The molecule has 0 aromatic rings. The Hall–Kier alpha value is -1.96. The molecule has 0 aliphatic carbocycles. The molecule has 0 amide bonds. The zero-order valence-corrected chi connectivity index (χ0v) is 30.8. The summed E-state index contributed by atoms with van der Waals surface area (Å²) in [5.74, 6) is -0.353. The summed E-state index contributed by atoms with van der Waals surface area (Å²) in [7, 11) is 2.86. The average Bonchev–Trinajstić information content (AvgIpc) is 3.04. The maximum Gasteiger partial charge on any atom is 0.324 e. The zero-order chi connectivity index (χ0) is 34.8. The molecule has 268 valence electrons. The lowest BCUT2D eigenvalue weighted by molar-refractivity contribution is -0.150. The van der Waals surface area contributed by atoms with Gasteiger partial charge in [0.25, 0.3) is 0 Å². The van der Waals surface area contributed by atoms with E-state index in [2.05, 4.69) is 57.1 Å². The highest BCUT2D eigenvalue weighted by atomic mass is 16.5. The maximum atomic E-state index is 13.4. The number of hydrogen-bond donors (Lipinski definition) is 0. The molecular formula is C34H66N6O6. The molecule has 12 heteroatoms. The van der Waals surface area contributed by atoms with E-state index in [1.807, 2.05) is 13.8 Å². The van der Waals surface area contributed by atoms with Crippen LogP contribution in [0.15, 0.2) is 0 Å². The first-order valence-electron chi connectivity index (χ1n) is 17.5. The van der Waals surface area contributed by atoms with Gasteiger partial charge in [-0.3, -0.25) is 38.8 Å². The number of likely N-dealkylation sites (N-methyl/N-ethyl adjacent to an activating group) is 2. The first-order chi connectivity index (χ1) is 22.0. The normalized spacial score (nSPS) is 19.6. The van der Waals surface area contributed by atoms with Crippen LogP contribution in [0.3, 0.4) is 0 Å². The highest BCUT2D eigenvalue weighted by Gasteiger charge is 2.35. The summed E-state index contributed by atoms with van der Waals surface area (Å²) in [5, 5.41) is 0. The topological polar surface area (TPSA) is 106 Å². The van der Waals surface area contributed by atoms with Gasteiger partial charge in [0.05, 0.1) is 26.3 Å². The first-order valence-corrected chi connectivity index (χ1v) is 17.5. The number of carbonyl (C=O) groups excluding carboxylic acids is 4. The number of hydrogen-bond acceptors (Lipinski definition) is 12. The van der Waals surface area contributed by atoms with Gasteiger partial charge in [0.1, 0.15) is 23.7 Å². The van der Waals surface area contributed by atoms with E-state index in [0.29, 0.717) is 78.3 Å². The van der Waals surface area contributed by atoms with Crippen LogP contribution in [0.5, 0.6) is 0 Å². The van der Waals surface area contributed by atoms with E-state index in [-0.39, 0.29) is 35.6 Å². The van der Waals surface area contributed by atoms with Crippen molar-refractivity contribution in [1.29, 1.82) is 0 Å². The minimum Gasteiger partial charge on any atom is -0.468 e. The molecule has 46 heavy (non-hydrogen) atoms. The summed E-state index contributed by atoms with van der Waals surface area (Å²) in [5.41, 5.74) is 0. The molecule has 1 heterocycles. The van der Waals surface area contributed by atoms with Crippen molar-refractivity contribution in [3.8, 4) is 0 Å². The monoisotopic (exact) mass is 655 g/mol. The van der Waals surface area contributed by atoms with Gasteiger partial charge in [-0.2, -0.15) is 0 Å². The molecule has 0 saturated carbocycles. The number of ether oxygens (including phenoxy) is 2. The number of nitrogens with zero attached hydrogens (tertiary/aromatic N) is 6. The molecule has 0 aromatic carbocycles. The molecule has 4 atom stereocenters. The molecule has 0 radical (unpaired) electrons. The second-order valence-corrected chi connectivity index (χ2v) is 12.3. The van der Waals surface area contributed by atoms with Gasteiger partial charge in [-0.1, -0.05) is 41.5 Å². The molecule has 4 unspecified atom stereocenters. The lowest BCUT2D eigenvalue weighted by Gasteiger charge is -2.41. The number of Topliss-reactive ketones (excluding diaryl/α,β-unsaturated/α-hetero) is 2. The van der Waals surface area contributed by atoms with E-state index < -0.39 is 12.1 Å². The first kappa shape index (κ1) is 42.1. The Labute approximate surface area is 279 Å². The highest BCUT2D eigenvalue weighted by Crippen LogP contribution is 2.16. The van der Waals surface area contributed by atoms with Gasteiger partial charge in [-0.25, -0.2) is 0 Å². The van der Waals surface area contributed by atoms with Crippen molar-refractivity contribution in [3.63, 3.8) is 0 Å². The van der Waals surface area contributed by atoms with Crippen LogP contribution < -0.4 is 0 Å². The third kappa shape index (κ3) is 12.9. The Morgan fingerprint density at radius 3 is 0.913 bits per heavy atom. The van der Waals surface area contributed by atoms with Crippen LogP contribution in [-0.2, 0) is 28.7 Å². The summed E-state index contributed by atoms with van der Waals surface area (Å²) in [6.45, 7) is 24.4. The van der Waals surface area contributed by atoms with Gasteiger partial charge < -0.3 is 19.3 Å². The van der Waals surface area contributed by atoms with Crippen LogP contribution in [0.2, 0.25) is 0 Å². The molecule has 0 N–H and O–H groups in total. The Bertz CT molecular complexity index is 843. The Kier molecular flexibility index (Phi) is 20.6. The van der Waals surface area contributed by atoms with Gasteiger partial charge in [-0.05, 0) is 52.9 Å². The molecule has 1 saturated heterocycles. The van der Waals surface area contributed by atoms with Gasteiger partial charge in [0.2, 0.25) is 0 Å². The van der Waals surface area contributed by atoms with Crippen molar-refractivity contribution >= 4 is 23.5 Å². The number of esters is 2. The van der Waals surface area contributed by atoms with Crippen molar-refractivity contribution in [2.45, 2.75) is 92.4 Å². The van der Waals surface area contributed by atoms with Crippen LogP contribution in [-0.4, -0.2) is 183 Å². The second-order valence-electron chi connectivity index (χ2n) is 12.3. The lowest BCUT2D eigenvalue weighted by atomic mass is 10.1. The molecule has 1 aliphatic rings. The molecule has 1 rings (SSSR count). The smallest absolute Gasteiger partial charge is 0.324 e. The summed E-state index contributed by atoms with van der Waals surface area (Å²) in [6.07, 6.45) is 1.36. The van der Waals surface area contributed by atoms with Crippen LogP contribution in [0.4, 0.5) is 0 Å². The fourth-order valence-electron chi connectivity index (χ4n) is 6.73. The number of methoxy groups -OCH3 is 2. The summed E-state index contributed by atoms with van der Waals surface area (Å²) in [6, 6.07) is -1.52. The fourth-order valence-corrected chi connectivity index (χ4v) is 6.73. The SMILES string of the molecule is CCC(C(C)=O)N1CCN(C(CC)C(C)=O)CCN(C(CN(CC)CC)C(=O)OC)CCN(C(CN(CC)CC)C(=O)OC)CC1. The predicted molar refractivity (Wildman–Crippen MR) is 183 cm³/mol. The average molecular weight is 655 g/mol. The van der Waals surface area contributed by atoms with E-state index in [0.717, 1.165) is 26.2 Å². The highest BCUT2D eigenvalue weighted by molar-refractivity contribution is 5.82.